The highest BCUT2D eigenvalue weighted by Crippen LogP contribution is 2.62. The molecule has 0 amide bonds. The zero-order chi connectivity index (χ0) is 35.4. The van der Waals surface area contributed by atoms with Crippen LogP contribution in [0.1, 0.15) is 22.3 Å². The molecular formula is C51H31NOS. The number of hydrogen-bond donors (Lipinski definition) is 0. The van der Waals surface area contributed by atoms with Crippen LogP contribution in [0.2, 0.25) is 0 Å². The lowest BCUT2D eigenvalue weighted by Crippen LogP contribution is -2.36. The number of anilines is 3. The molecule has 252 valence electrons. The first-order valence-electron chi connectivity index (χ1n) is 18.5. The van der Waals surface area contributed by atoms with Crippen molar-refractivity contribution in [1.82, 2.24) is 0 Å². The second-order valence-electron chi connectivity index (χ2n) is 14.4. The highest BCUT2D eigenvalue weighted by molar-refractivity contribution is 7.99. The van der Waals surface area contributed by atoms with E-state index >= 15 is 0 Å². The molecule has 1 aliphatic heterocycles. The van der Waals surface area contributed by atoms with E-state index < -0.39 is 5.41 Å². The van der Waals surface area contributed by atoms with E-state index in [2.05, 4.69) is 193 Å². The minimum atomic E-state index is -0.524. The summed E-state index contributed by atoms with van der Waals surface area (Å²) < 4.78 is 6.72. The molecule has 1 aromatic heterocycles. The third kappa shape index (κ3) is 4.02. The second kappa shape index (κ2) is 11.2. The molecule has 0 N–H and O–H groups in total. The van der Waals surface area contributed by atoms with Crippen molar-refractivity contribution in [2.75, 3.05) is 4.90 Å². The van der Waals surface area contributed by atoms with Gasteiger partial charge in [0.1, 0.15) is 11.2 Å². The highest BCUT2D eigenvalue weighted by Gasteiger charge is 2.48. The molecule has 1 unspecified atom stereocenters. The third-order valence-electron chi connectivity index (χ3n) is 11.7. The topological polar surface area (TPSA) is 16.4 Å². The molecule has 2 nitrogen and oxygen atoms in total. The molecule has 12 rings (SSSR count). The number of para-hydroxylation sites is 1. The summed E-state index contributed by atoms with van der Waals surface area (Å²) in [6.07, 6.45) is 0. The summed E-state index contributed by atoms with van der Waals surface area (Å²) in [5, 5.41) is 7.17. The van der Waals surface area contributed by atoms with Gasteiger partial charge in [0.15, 0.2) is 0 Å². The van der Waals surface area contributed by atoms with E-state index in [0.717, 1.165) is 44.4 Å². The van der Waals surface area contributed by atoms with Gasteiger partial charge in [0.25, 0.3) is 0 Å². The lowest BCUT2D eigenvalue weighted by atomic mass is 9.59. The first kappa shape index (κ1) is 30.0. The van der Waals surface area contributed by atoms with Gasteiger partial charge in [-0.2, -0.15) is 0 Å². The van der Waals surface area contributed by atoms with Gasteiger partial charge < -0.3 is 9.32 Å². The molecule has 54 heavy (non-hydrogen) atoms. The largest absolute Gasteiger partial charge is 0.455 e. The fourth-order valence-corrected chi connectivity index (χ4v) is 10.6. The third-order valence-corrected chi connectivity index (χ3v) is 12.8. The fraction of sp³-hybridized carbons (Fsp3) is 0.0196. The van der Waals surface area contributed by atoms with Gasteiger partial charge >= 0.3 is 0 Å². The van der Waals surface area contributed by atoms with Crippen LogP contribution >= 0.6 is 11.8 Å². The van der Waals surface area contributed by atoms with Crippen molar-refractivity contribution in [3.63, 3.8) is 0 Å². The molecule has 2 heterocycles. The fourth-order valence-electron chi connectivity index (χ4n) is 9.47. The predicted molar refractivity (Wildman–Crippen MR) is 225 cm³/mol. The molecule has 10 aromatic rings. The Morgan fingerprint density at radius 1 is 0.407 bits per heavy atom. The Kier molecular flexibility index (Phi) is 6.23. The minimum absolute atomic E-state index is 0.524. The van der Waals surface area contributed by atoms with Crippen molar-refractivity contribution in [1.29, 1.82) is 0 Å². The van der Waals surface area contributed by atoms with Gasteiger partial charge in [-0.25, -0.2) is 0 Å². The van der Waals surface area contributed by atoms with Crippen LogP contribution in [-0.4, -0.2) is 0 Å². The van der Waals surface area contributed by atoms with Gasteiger partial charge in [-0.3, -0.25) is 0 Å². The number of furan rings is 1. The molecular weight excluding hydrogens is 675 g/mol. The molecule has 0 bridgehead atoms. The maximum Gasteiger partial charge on any atom is 0.143 e. The Bertz CT molecular complexity index is 3160. The first-order chi connectivity index (χ1) is 26.8. The van der Waals surface area contributed by atoms with Gasteiger partial charge in [0, 0.05) is 49.1 Å². The number of hydrogen-bond acceptors (Lipinski definition) is 3. The molecule has 0 saturated carbocycles. The Hall–Kier alpha value is -6.55. The Balaban J connectivity index is 1.14. The van der Waals surface area contributed by atoms with Crippen LogP contribution in [0.3, 0.4) is 0 Å². The molecule has 3 heteroatoms. The predicted octanol–water partition coefficient (Wildman–Crippen LogP) is 14.2. The lowest BCUT2D eigenvalue weighted by molar-refractivity contribution is 0.672. The summed E-state index contributed by atoms with van der Waals surface area (Å²) in [5.74, 6) is 0. The van der Waals surface area contributed by atoms with Crippen molar-refractivity contribution in [2.24, 2.45) is 0 Å². The average molecular weight is 706 g/mol. The zero-order valence-electron chi connectivity index (χ0n) is 29.2. The van der Waals surface area contributed by atoms with E-state index in [1.807, 2.05) is 11.8 Å². The summed E-state index contributed by atoms with van der Waals surface area (Å²) in [4.78, 5) is 4.95. The van der Waals surface area contributed by atoms with Crippen molar-refractivity contribution in [3.8, 4) is 11.1 Å². The minimum Gasteiger partial charge on any atom is -0.455 e. The van der Waals surface area contributed by atoms with E-state index in [1.54, 1.807) is 0 Å². The van der Waals surface area contributed by atoms with Crippen LogP contribution in [0, 0.1) is 0 Å². The lowest BCUT2D eigenvalue weighted by Gasteiger charge is -2.46. The maximum atomic E-state index is 6.72. The van der Waals surface area contributed by atoms with Crippen LogP contribution in [-0.2, 0) is 5.41 Å². The quantitative estimate of drug-likeness (QED) is 0.182. The van der Waals surface area contributed by atoms with Crippen LogP contribution in [0.5, 0.6) is 0 Å². The van der Waals surface area contributed by atoms with E-state index in [9.17, 15) is 0 Å². The molecule has 0 radical (unpaired) electrons. The molecule has 1 atom stereocenters. The summed E-state index contributed by atoms with van der Waals surface area (Å²) in [5.41, 5.74) is 12.4. The van der Waals surface area contributed by atoms with E-state index in [0.29, 0.717) is 0 Å². The normalized spacial score (nSPS) is 15.4. The first-order valence-corrected chi connectivity index (χ1v) is 19.3. The maximum absolute atomic E-state index is 6.72. The van der Waals surface area contributed by atoms with Gasteiger partial charge in [-0.1, -0.05) is 139 Å². The van der Waals surface area contributed by atoms with Crippen LogP contribution in [0.4, 0.5) is 17.1 Å². The molecule has 1 aliphatic carbocycles. The molecule has 2 aliphatic rings. The number of nitrogens with zero attached hydrogens (tertiary/aromatic N) is 1. The summed E-state index contributed by atoms with van der Waals surface area (Å²) in [6, 6.07) is 69.1. The average Bonchev–Trinajstić information content (AvgIpc) is 3.61. The van der Waals surface area contributed by atoms with Gasteiger partial charge in [-0.05, 0) is 104 Å². The van der Waals surface area contributed by atoms with Crippen LogP contribution < -0.4 is 4.90 Å². The zero-order valence-corrected chi connectivity index (χ0v) is 30.0. The molecule has 9 aromatic carbocycles. The van der Waals surface area contributed by atoms with Crippen LogP contribution in [0.25, 0.3) is 54.6 Å². The smallest absolute Gasteiger partial charge is 0.143 e. The van der Waals surface area contributed by atoms with Crippen molar-refractivity contribution in [2.45, 2.75) is 15.2 Å². The molecule has 1 spiro atoms. The van der Waals surface area contributed by atoms with Gasteiger partial charge in [-0.15, -0.1) is 0 Å². The van der Waals surface area contributed by atoms with Crippen molar-refractivity contribution in [3.05, 3.63) is 210 Å². The summed E-state index contributed by atoms with van der Waals surface area (Å²) >= 11 is 1.88. The van der Waals surface area contributed by atoms with Gasteiger partial charge in [0.05, 0.1) is 5.41 Å². The van der Waals surface area contributed by atoms with E-state index in [1.165, 1.54) is 59.3 Å². The van der Waals surface area contributed by atoms with E-state index in [4.69, 9.17) is 4.42 Å². The highest BCUT2D eigenvalue weighted by atomic mass is 32.2. The Morgan fingerprint density at radius 2 is 1.07 bits per heavy atom. The number of benzene rings is 9. The van der Waals surface area contributed by atoms with Crippen LogP contribution in [0.15, 0.2) is 202 Å². The SMILES string of the molecule is c1ccc(N(c2ccc3c(c2)C2(c4ccccc4S3)c3ccccc3-c3cccc4cccc2c34)c2ccc3c(c2)oc2c4ccccc4ccc32)cc1. The second-order valence-corrected chi connectivity index (χ2v) is 15.5. The standard InChI is InChI=1S/C51H31NOS/c1-2-15-34(16-3-1)52(36-25-28-39-41-27-24-32-12-4-5-17-37(32)50(41)53-46(39)31-36)35-26-29-48-45(30-35)51(43-21-8-9-23-47(43)54-48)42-20-7-6-18-38(42)40-19-10-13-33-14-11-22-44(51)49(33)40/h1-31H. The van der Waals surface area contributed by atoms with Crippen molar-refractivity contribution >= 4 is 72.3 Å². The monoisotopic (exact) mass is 705 g/mol. The number of fused-ring (bicyclic) bond motifs is 13. The summed E-state index contributed by atoms with van der Waals surface area (Å²) in [6.45, 7) is 0. The van der Waals surface area contributed by atoms with Crippen molar-refractivity contribution < 1.29 is 4.42 Å². The van der Waals surface area contributed by atoms with E-state index in [-0.39, 0.29) is 0 Å². The summed E-state index contributed by atoms with van der Waals surface area (Å²) in [7, 11) is 0. The Labute approximate surface area is 316 Å². The van der Waals surface area contributed by atoms with Gasteiger partial charge in [0.2, 0.25) is 0 Å². The molecule has 0 saturated heterocycles. The molecule has 0 fully saturated rings. The number of rotatable bonds is 3. The Morgan fingerprint density at radius 3 is 2.00 bits per heavy atom.